The van der Waals surface area contributed by atoms with Crippen LogP contribution in [0, 0.1) is 0 Å². The summed E-state index contributed by atoms with van der Waals surface area (Å²) in [6.45, 7) is 1.55. The molecule has 2 aliphatic rings. The van der Waals surface area contributed by atoms with E-state index in [0.717, 1.165) is 22.3 Å². The average molecular weight is 273 g/mol. The summed E-state index contributed by atoms with van der Waals surface area (Å²) in [6.07, 6.45) is 0.887. The van der Waals surface area contributed by atoms with E-state index in [1.807, 2.05) is 24.3 Å². The lowest BCUT2D eigenvalue weighted by Crippen LogP contribution is -2.59. The summed E-state index contributed by atoms with van der Waals surface area (Å²) in [5.41, 5.74) is 2.39. The molecule has 1 heterocycles. The van der Waals surface area contributed by atoms with Crippen molar-refractivity contribution >= 4 is 17.5 Å². The van der Waals surface area contributed by atoms with Gasteiger partial charge in [-0.05, 0) is 42.0 Å². The Morgan fingerprint density at radius 1 is 1.30 bits per heavy atom. The molecule has 0 bridgehead atoms. The van der Waals surface area contributed by atoms with Crippen LogP contribution >= 0.6 is 0 Å². The van der Waals surface area contributed by atoms with E-state index in [0.29, 0.717) is 12.8 Å². The molecular weight excluding hydrogens is 258 g/mol. The largest absolute Gasteiger partial charge is 0.480 e. The van der Waals surface area contributed by atoms with E-state index < -0.39 is 23.5 Å². The number of carboxylic acid groups (broad SMARTS) is 2. The van der Waals surface area contributed by atoms with Gasteiger partial charge < -0.3 is 10.2 Å². The first-order valence-corrected chi connectivity index (χ1v) is 6.48. The van der Waals surface area contributed by atoms with Gasteiger partial charge in [0, 0.05) is 0 Å². The van der Waals surface area contributed by atoms with Crippen molar-refractivity contribution in [3.05, 3.63) is 41.0 Å². The number of rotatable bonds is 2. The SMILES string of the molecule is CC1(C(=O)O)NC(C(=O)O)CC2=C1Cc1ccccc12. The Balaban J connectivity index is 2.15. The number of carboxylic acids is 2. The third kappa shape index (κ3) is 1.67. The van der Waals surface area contributed by atoms with Crippen LogP contribution < -0.4 is 5.32 Å². The predicted molar refractivity (Wildman–Crippen MR) is 72.3 cm³/mol. The molecule has 0 radical (unpaired) electrons. The highest BCUT2D eigenvalue weighted by Gasteiger charge is 2.48. The van der Waals surface area contributed by atoms with Crippen LogP contribution in [0.2, 0.25) is 0 Å². The zero-order valence-corrected chi connectivity index (χ0v) is 11.0. The monoisotopic (exact) mass is 273 g/mol. The first-order chi connectivity index (χ1) is 9.43. The van der Waals surface area contributed by atoms with Crippen LogP contribution in [-0.2, 0) is 16.0 Å². The van der Waals surface area contributed by atoms with E-state index >= 15 is 0 Å². The van der Waals surface area contributed by atoms with Gasteiger partial charge in [0.2, 0.25) is 0 Å². The number of hydrogen-bond donors (Lipinski definition) is 3. The second-order valence-electron chi connectivity index (χ2n) is 5.46. The second kappa shape index (κ2) is 4.18. The van der Waals surface area contributed by atoms with Crippen molar-refractivity contribution in [1.29, 1.82) is 0 Å². The number of benzene rings is 1. The lowest BCUT2D eigenvalue weighted by Gasteiger charge is -2.36. The molecule has 0 saturated carbocycles. The molecule has 3 N–H and O–H groups in total. The zero-order chi connectivity index (χ0) is 14.5. The topological polar surface area (TPSA) is 86.6 Å². The highest BCUT2D eigenvalue weighted by molar-refractivity contribution is 5.94. The molecule has 2 atom stereocenters. The van der Waals surface area contributed by atoms with Crippen LogP contribution in [0.25, 0.3) is 5.57 Å². The Labute approximate surface area is 115 Å². The molecule has 20 heavy (non-hydrogen) atoms. The Hall–Kier alpha value is -2.14. The van der Waals surface area contributed by atoms with Crippen molar-refractivity contribution in [2.75, 3.05) is 0 Å². The van der Waals surface area contributed by atoms with Crippen LogP contribution in [0.1, 0.15) is 24.5 Å². The van der Waals surface area contributed by atoms with Gasteiger partial charge in [0.1, 0.15) is 11.6 Å². The van der Waals surface area contributed by atoms with Gasteiger partial charge in [0.15, 0.2) is 0 Å². The zero-order valence-electron chi connectivity index (χ0n) is 11.0. The molecule has 0 spiro atoms. The van der Waals surface area contributed by atoms with E-state index in [1.54, 1.807) is 6.92 Å². The Bertz CT molecular complexity index is 649. The van der Waals surface area contributed by atoms with Crippen molar-refractivity contribution in [1.82, 2.24) is 5.32 Å². The Kier molecular flexibility index (Phi) is 2.69. The molecule has 1 aromatic carbocycles. The van der Waals surface area contributed by atoms with E-state index in [-0.39, 0.29) is 0 Å². The molecular formula is C15H15NO4. The van der Waals surface area contributed by atoms with Crippen LogP contribution in [0.15, 0.2) is 29.8 Å². The van der Waals surface area contributed by atoms with Gasteiger partial charge in [-0.25, -0.2) is 4.79 Å². The Morgan fingerprint density at radius 2 is 2.00 bits per heavy atom. The maximum atomic E-state index is 11.6. The van der Waals surface area contributed by atoms with E-state index in [9.17, 15) is 19.8 Å². The molecule has 104 valence electrons. The van der Waals surface area contributed by atoms with E-state index in [1.165, 1.54) is 0 Å². The Morgan fingerprint density at radius 3 is 2.65 bits per heavy atom. The lowest BCUT2D eigenvalue weighted by molar-refractivity contribution is -0.145. The lowest BCUT2D eigenvalue weighted by atomic mass is 9.81. The third-order valence-electron chi connectivity index (χ3n) is 4.27. The number of fused-ring (bicyclic) bond motifs is 2. The number of hydrogen-bond acceptors (Lipinski definition) is 3. The summed E-state index contributed by atoms with van der Waals surface area (Å²) in [7, 11) is 0. The summed E-state index contributed by atoms with van der Waals surface area (Å²) in [5.74, 6) is -2.06. The van der Waals surface area contributed by atoms with Crippen molar-refractivity contribution in [2.45, 2.75) is 31.3 Å². The van der Waals surface area contributed by atoms with Gasteiger partial charge >= 0.3 is 11.9 Å². The smallest absolute Gasteiger partial charge is 0.327 e. The maximum absolute atomic E-state index is 11.6. The van der Waals surface area contributed by atoms with Crippen LogP contribution in [0.4, 0.5) is 0 Å². The fourth-order valence-corrected chi connectivity index (χ4v) is 3.17. The normalized spacial score (nSPS) is 27.9. The molecule has 0 amide bonds. The van der Waals surface area contributed by atoms with E-state index in [4.69, 9.17) is 0 Å². The molecule has 0 saturated heterocycles. The van der Waals surface area contributed by atoms with E-state index in [2.05, 4.69) is 5.32 Å². The number of aliphatic carboxylic acids is 2. The van der Waals surface area contributed by atoms with Gasteiger partial charge in [0.25, 0.3) is 0 Å². The number of nitrogens with one attached hydrogen (secondary N) is 1. The van der Waals surface area contributed by atoms with Gasteiger partial charge in [-0.1, -0.05) is 24.3 Å². The highest BCUT2D eigenvalue weighted by Crippen LogP contribution is 2.43. The summed E-state index contributed by atoms with van der Waals surface area (Å²) >= 11 is 0. The fraction of sp³-hybridized carbons (Fsp3) is 0.333. The minimum Gasteiger partial charge on any atom is -0.480 e. The van der Waals surface area contributed by atoms with Crippen LogP contribution in [-0.4, -0.2) is 33.7 Å². The standard InChI is InChI=1S/C15H15NO4/c1-15(14(19)20)11-6-8-4-2-3-5-9(8)10(11)7-12(16-15)13(17)18/h2-5,12,16H,6-7H2,1H3,(H,17,18)(H,19,20). The minimum atomic E-state index is -1.32. The molecule has 5 nitrogen and oxygen atoms in total. The van der Waals surface area contributed by atoms with Crippen LogP contribution in [0.5, 0.6) is 0 Å². The van der Waals surface area contributed by atoms with Gasteiger partial charge in [-0.2, -0.15) is 0 Å². The third-order valence-corrected chi connectivity index (χ3v) is 4.27. The van der Waals surface area contributed by atoms with Gasteiger partial charge in [0.05, 0.1) is 0 Å². The molecule has 1 aliphatic heterocycles. The molecule has 3 rings (SSSR count). The quantitative estimate of drug-likeness (QED) is 0.755. The van der Waals surface area contributed by atoms with Crippen molar-refractivity contribution in [3.63, 3.8) is 0 Å². The minimum absolute atomic E-state index is 0.324. The van der Waals surface area contributed by atoms with Gasteiger partial charge in [-0.3, -0.25) is 10.1 Å². The first kappa shape index (κ1) is 12.9. The second-order valence-corrected chi connectivity index (χ2v) is 5.46. The molecule has 1 aliphatic carbocycles. The maximum Gasteiger partial charge on any atom is 0.327 e. The van der Waals surface area contributed by atoms with Crippen molar-refractivity contribution in [3.8, 4) is 0 Å². The first-order valence-electron chi connectivity index (χ1n) is 6.48. The predicted octanol–water partition coefficient (Wildman–Crippen LogP) is 1.29. The molecule has 0 fully saturated rings. The summed E-state index contributed by atoms with van der Waals surface area (Å²) < 4.78 is 0. The molecule has 2 unspecified atom stereocenters. The average Bonchev–Trinajstić information content (AvgIpc) is 2.78. The molecule has 0 aromatic heterocycles. The van der Waals surface area contributed by atoms with Crippen molar-refractivity contribution < 1.29 is 19.8 Å². The summed E-state index contributed by atoms with van der Waals surface area (Å²) in [6, 6.07) is 6.83. The fourth-order valence-electron chi connectivity index (χ4n) is 3.17. The summed E-state index contributed by atoms with van der Waals surface area (Å²) in [5, 5.41) is 21.6. The molecule has 5 heteroatoms. The van der Waals surface area contributed by atoms with Crippen LogP contribution in [0.3, 0.4) is 0 Å². The summed E-state index contributed by atoms with van der Waals surface area (Å²) in [4.78, 5) is 22.9. The highest BCUT2D eigenvalue weighted by atomic mass is 16.4. The van der Waals surface area contributed by atoms with Crippen molar-refractivity contribution in [2.24, 2.45) is 0 Å². The van der Waals surface area contributed by atoms with Gasteiger partial charge in [-0.15, -0.1) is 0 Å². The number of carbonyl (C=O) groups is 2. The molecule has 1 aromatic rings.